The van der Waals surface area contributed by atoms with E-state index in [4.69, 9.17) is 5.73 Å². The van der Waals surface area contributed by atoms with Gasteiger partial charge in [-0.05, 0) is 29.8 Å². The van der Waals surface area contributed by atoms with Crippen molar-refractivity contribution in [2.24, 2.45) is 5.73 Å². The number of alkyl halides is 3. The third kappa shape index (κ3) is 3.61. The zero-order valence-corrected chi connectivity index (χ0v) is 10.9. The molecule has 2 rings (SSSR count). The smallest absolute Gasteiger partial charge is 0.326 e. The van der Waals surface area contributed by atoms with Crippen LogP contribution >= 0.6 is 0 Å². The number of rotatable bonds is 3. The summed E-state index contributed by atoms with van der Waals surface area (Å²) in [6, 6.07) is 11.1. The topological polar surface area (TPSA) is 55.1 Å². The predicted octanol–water partition coefficient (Wildman–Crippen LogP) is 3.42. The van der Waals surface area contributed by atoms with Gasteiger partial charge in [0.05, 0.1) is 5.56 Å². The van der Waals surface area contributed by atoms with Gasteiger partial charge in [0.2, 0.25) is 0 Å². The second-order valence-corrected chi connectivity index (χ2v) is 4.39. The van der Waals surface area contributed by atoms with Crippen LogP contribution in [-0.4, -0.2) is 5.91 Å². The maximum absolute atomic E-state index is 12.6. The number of benzene rings is 2. The van der Waals surface area contributed by atoms with E-state index in [0.29, 0.717) is 11.3 Å². The summed E-state index contributed by atoms with van der Waals surface area (Å²) < 4.78 is 37.9. The van der Waals surface area contributed by atoms with Gasteiger partial charge < -0.3 is 11.1 Å². The first-order valence-electron chi connectivity index (χ1n) is 6.18. The summed E-state index contributed by atoms with van der Waals surface area (Å²) in [5, 5.41) is 2.57. The molecular weight excluding hydrogens is 281 g/mol. The molecule has 0 aromatic heterocycles. The van der Waals surface area contributed by atoms with Crippen molar-refractivity contribution in [2.75, 3.05) is 5.32 Å². The number of nitrogens with two attached hydrogens (primary N) is 1. The largest absolute Gasteiger partial charge is 0.416 e. The number of halogens is 3. The molecule has 0 fully saturated rings. The highest BCUT2D eigenvalue weighted by Gasteiger charge is 2.30. The molecule has 2 aromatic rings. The first-order valence-corrected chi connectivity index (χ1v) is 6.18. The van der Waals surface area contributed by atoms with E-state index in [-0.39, 0.29) is 12.1 Å². The maximum Gasteiger partial charge on any atom is 0.416 e. The number of carbonyl (C=O) groups is 1. The van der Waals surface area contributed by atoms with E-state index in [1.54, 1.807) is 24.3 Å². The number of para-hydroxylation sites is 1. The highest BCUT2D eigenvalue weighted by atomic mass is 19.4. The molecule has 2 aromatic carbocycles. The van der Waals surface area contributed by atoms with Gasteiger partial charge in [-0.25, -0.2) is 0 Å². The van der Waals surface area contributed by atoms with E-state index in [9.17, 15) is 18.0 Å². The number of carbonyl (C=O) groups excluding carboxylic acids is 1. The van der Waals surface area contributed by atoms with Crippen LogP contribution in [0.1, 0.15) is 21.5 Å². The van der Waals surface area contributed by atoms with E-state index < -0.39 is 17.6 Å². The van der Waals surface area contributed by atoms with Crippen LogP contribution in [0.5, 0.6) is 0 Å². The Hall–Kier alpha value is -2.34. The molecule has 3 N–H and O–H groups in total. The lowest BCUT2D eigenvalue weighted by Gasteiger charge is -2.11. The number of amides is 1. The molecule has 0 saturated carbocycles. The Morgan fingerprint density at radius 2 is 1.81 bits per heavy atom. The Morgan fingerprint density at radius 3 is 2.48 bits per heavy atom. The minimum Gasteiger partial charge on any atom is -0.326 e. The summed E-state index contributed by atoms with van der Waals surface area (Å²) in [7, 11) is 0. The summed E-state index contributed by atoms with van der Waals surface area (Å²) in [6.07, 6.45) is -4.48. The zero-order valence-electron chi connectivity index (χ0n) is 10.9. The lowest BCUT2D eigenvalue weighted by Crippen LogP contribution is -2.15. The molecule has 1 amide bonds. The van der Waals surface area contributed by atoms with Gasteiger partial charge in [0.1, 0.15) is 0 Å². The van der Waals surface area contributed by atoms with Crippen molar-refractivity contribution in [2.45, 2.75) is 12.7 Å². The van der Waals surface area contributed by atoms with Gasteiger partial charge in [0, 0.05) is 17.8 Å². The van der Waals surface area contributed by atoms with Crippen LogP contribution in [0.15, 0.2) is 48.5 Å². The molecule has 0 bridgehead atoms. The highest BCUT2D eigenvalue weighted by Crippen LogP contribution is 2.29. The highest BCUT2D eigenvalue weighted by molar-refractivity contribution is 6.04. The van der Waals surface area contributed by atoms with Crippen LogP contribution in [0, 0.1) is 0 Å². The molecule has 0 aliphatic heterocycles. The average molecular weight is 294 g/mol. The van der Waals surface area contributed by atoms with Gasteiger partial charge in [0.25, 0.3) is 5.91 Å². The molecule has 0 saturated heterocycles. The predicted molar refractivity (Wildman–Crippen MR) is 73.7 cm³/mol. The molecule has 0 aliphatic rings. The number of hydrogen-bond donors (Lipinski definition) is 2. The van der Waals surface area contributed by atoms with Crippen molar-refractivity contribution in [3.8, 4) is 0 Å². The molecule has 0 heterocycles. The standard InChI is InChI=1S/C15H13F3N2O/c16-15(17,18)12-6-3-5-10(8-12)14(21)20-13-7-2-1-4-11(13)9-19/h1-8H,9,19H2,(H,20,21). The maximum atomic E-state index is 12.6. The van der Waals surface area contributed by atoms with Crippen molar-refractivity contribution in [3.63, 3.8) is 0 Å². The molecule has 0 unspecified atom stereocenters. The van der Waals surface area contributed by atoms with Crippen LogP contribution in [-0.2, 0) is 12.7 Å². The molecule has 21 heavy (non-hydrogen) atoms. The van der Waals surface area contributed by atoms with Crippen molar-refractivity contribution >= 4 is 11.6 Å². The molecule has 3 nitrogen and oxygen atoms in total. The zero-order chi connectivity index (χ0) is 15.5. The Bertz CT molecular complexity index is 653. The molecule has 0 radical (unpaired) electrons. The fourth-order valence-electron chi connectivity index (χ4n) is 1.85. The van der Waals surface area contributed by atoms with Crippen LogP contribution < -0.4 is 11.1 Å². The molecule has 0 spiro atoms. The van der Waals surface area contributed by atoms with Gasteiger partial charge in [-0.3, -0.25) is 4.79 Å². The van der Waals surface area contributed by atoms with Crippen molar-refractivity contribution in [1.82, 2.24) is 0 Å². The second kappa shape index (κ2) is 5.97. The van der Waals surface area contributed by atoms with Crippen molar-refractivity contribution < 1.29 is 18.0 Å². The van der Waals surface area contributed by atoms with Crippen molar-refractivity contribution in [3.05, 3.63) is 65.2 Å². The summed E-state index contributed by atoms with van der Waals surface area (Å²) in [6.45, 7) is 0.221. The lowest BCUT2D eigenvalue weighted by atomic mass is 10.1. The SMILES string of the molecule is NCc1ccccc1NC(=O)c1cccc(C(F)(F)F)c1. The van der Waals surface area contributed by atoms with Crippen LogP contribution in [0.2, 0.25) is 0 Å². The average Bonchev–Trinajstić information content (AvgIpc) is 2.47. The van der Waals surface area contributed by atoms with Crippen molar-refractivity contribution in [1.29, 1.82) is 0 Å². The number of anilines is 1. The molecule has 0 atom stereocenters. The second-order valence-electron chi connectivity index (χ2n) is 4.39. The normalized spacial score (nSPS) is 11.2. The van der Waals surface area contributed by atoms with E-state index >= 15 is 0 Å². The first-order chi connectivity index (χ1) is 9.91. The van der Waals surface area contributed by atoms with Gasteiger partial charge >= 0.3 is 6.18 Å². The van der Waals surface area contributed by atoms with Crippen LogP contribution in [0.3, 0.4) is 0 Å². The first kappa shape index (κ1) is 15.1. The Morgan fingerprint density at radius 1 is 1.10 bits per heavy atom. The fraction of sp³-hybridized carbons (Fsp3) is 0.133. The molecule has 6 heteroatoms. The van der Waals surface area contributed by atoms with E-state index in [2.05, 4.69) is 5.32 Å². The summed E-state index contributed by atoms with van der Waals surface area (Å²) in [4.78, 5) is 12.0. The Kier molecular flexibility index (Phi) is 4.28. The van der Waals surface area contributed by atoms with E-state index in [1.165, 1.54) is 12.1 Å². The molecule has 110 valence electrons. The van der Waals surface area contributed by atoms with Gasteiger partial charge in [-0.1, -0.05) is 24.3 Å². The Balaban J connectivity index is 2.25. The third-order valence-electron chi connectivity index (χ3n) is 2.94. The summed E-state index contributed by atoms with van der Waals surface area (Å²) >= 11 is 0. The minimum absolute atomic E-state index is 0.0587. The van der Waals surface area contributed by atoms with Gasteiger partial charge in [-0.15, -0.1) is 0 Å². The van der Waals surface area contributed by atoms with Gasteiger partial charge in [-0.2, -0.15) is 13.2 Å². The van der Waals surface area contributed by atoms with Gasteiger partial charge in [0.15, 0.2) is 0 Å². The summed E-state index contributed by atoms with van der Waals surface area (Å²) in [5.41, 5.74) is 5.82. The molecular formula is C15H13F3N2O. The van der Waals surface area contributed by atoms with Crippen LogP contribution in [0.4, 0.5) is 18.9 Å². The number of nitrogens with one attached hydrogen (secondary N) is 1. The summed E-state index contributed by atoms with van der Waals surface area (Å²) in [5.74, 6) is -0.609. The van der Waals surface area contributed by atoms with Crippen LogP contribution in [0.25, 0.3) is 0 Å². The quantitative estimate of drug-likeness (QED) is 0.911. The fourth-order valence-corrected chi connectivity index (χ4v) is 1.85. The van der Waals surface area contributed by atoms with E-state index in [1.807, 2.05) is 0 Å². The lowest BCUT2D eigenvalue weighted by molar-refractivity contribution is -0.137. The minimum atomic E-state index is -4.48. The third-order valence-corrected chi connectivity index (χ3v) is 2.94. The molecule has 0 aliphatic carbocycles. The van der Waals surface area contributed by atoms with E-state index in [0.717, 1.165) is 12.1 Å². The monoisotopic (exact) mass is 294 g/mol. The number of hydrogen-bond acceptors (Lipinski definition) is 2. The Labute approximate surface area is 119 Å².